The lowest BCUT2D eigenvalue weighted by Crippen LogP contribution is -2.42. The number of anilines is 1. The van der Waals surface area contributed by atoms with Gasteiger partial charge in [-0.2, -0.15) is 0 Å². The Morgan fingerprint density at radius 1 is 1.06 bits per heavy atom. The van der Waals surface area contributed by atoms with Crippen LogP contribution < -0.4 is 9.64 Å². The van der Waals surface area contributed by atoms with E-state index in [9.17, 15) is 13.2 Å². The van der Waals surface area contributed by atoms with Gasteiger partial charge in [0, 0.05) is 39.3 Å². The third-order valence-electron chi connectivity index (χ3n) is 5.60. The Labute approximate surface area is 190 Å². The van der Waals surface area contributed by atoms with Crippen LogP contribution in [0.2, 0.25) is 0 Å². The number of nitrogens with zero attached hydrogens (tertiary/aromatic N) is 5. The first-order valence-corrected chi connectivity index (χ1v) is 13.0. The number of carbonyl (C=O) groups is 1. The summed E-state index contributed by atoms with van der Waals surface area (Å²) in [6.07, 6.45) is 6.74. The lowest BCUT2D eigenvalue weighted by Gasteiger charge is -2.33. The summed E-state index contributed by atoms with van der Waals surface area (Å²) in [5, 5.41) is 0. The zero-order valence-corrected chi connectivity index (χ0v) is 20.3. The van der Waals surface area contributed by atoms with Gasteiger partial charge in [0.2, 0.25) is 15.9 Å². The summed E-state index contributed by atoms with van der Waals surface area (Å²) in [5.41, 5.74) is -0.484. The largest absolute Gasteiger partial charge is 0.476 e. The minimum absolute atomic E-state index is 0.258. The normalized spacial score (nSPS) is 19.5. The molecule has 2 fully saturated rings. The van der Waals surface area contributed by atoms with Gasteiger partial charge in [-0.1, -0.05) is 0 Å². The van der Waals surface area contributed by atoms with Crippen molar-refractivity contribution in [1.29, 1.82) is 0 Å². The lowest BCUT2D eigenvalue weighted by molar-refractivity contribution is 0.0164. The monoisotopic (exact) mass is 469 g/mol. The molecule has 0 saturated carbocycles. The molecule has 2 saturated heterocycles. The van der Waals surface area contributed by atoms with E-state index >= 15 is 0 Å². The molecule has 0 unspecified atom stereocenters. The average Bonchev–Trinajstić information content (AvgIpc) is 2.98. The zero-order valence-electron chi connectivity index (χ0n) is 19.5. The van der Waals surface area contributed by atoms with E-state index in [0.29, 0.717) is 51.1 Å². The van der Waals surface area contributed by atoms with Gasteiger partial charge >= 0.3 is 6.09 Å². The highest BCUT2D eigenvalue weighted by atomic mass is 32.2. The van der Waals surface area contributed by atoms with Gasteiger partial charge in [-0.25, -0.2) is 27.5 Å². The number of hydrogen-bond acceptors (Lipinski definition) is 8. The van der Waals surface area contributed by atoms with Crippen LogP contribution in [0.15, 0.2) is 12.4 Å². The van der Waals surface area contributed by atoms with Crippen LogP contribution in [0.1, 0.15) is 40.0 Å². The molecule has 0 atom stereocenters. The second kappa shape index (κ2) is 10.2. The molecule has 0 aliphatic carbocycles. The molecular formula is C21H35N5O5S. The van der Waals surface area contributed by atoms with Crippen LogP contribution in [0.4, 0.5) is 10.6 Å². The maximum atomic E-state index is 12.2. The Morgan fingerprint density at radius 3 is 2.38 bits per heavy atom. The standard InChI is InChI=1S/C21H35N5O5S/c1-21(2,3)31-20(27)25-10-6-17(7-11-25)16-30-19-15-22-18(14-23-19)24-8-5-9-26(13-12-24)32(4,28)29/h14-15,17H,5-13,16H2,1-4H3. The van der Waals surface area contributed by atoms with Crippen molar-refractivity contribution in [3.05, 3.63) is 12.4 Å². The molecule has 0 spiro atoms. The highest BCUT2D eigenvalue weighted by Gasteiger charge is 2.27. The molecule has 3 rings (SSSR count). The highest BCUT2D eigenvalue weighted by molar-refractivity contribution is 7.88. The molecular weight excluding hydrogens is 434 g/mol. The lowest BCUT2D eigenvalue weighted by atomic mass is 9.98. The summed E-state index contributed by atoms with van der Waals surface area (Å²) in [5.74, 6) is 1.54. The van der Waals surface area contributed by atoms with Gasteiger partial charge in [-0.05, 0) is 46.0 Å². The van der Waals surface area contributed by atoms with E-state index in [1.807, 2.05) is 25.7 Å². The van der Waals surface area contributed by atoms with Gasteiger partial charge in [0.1, 0.15) is 11.4 Å². The molecule has 1 aromatic rings. The maximum Gasteiger partial charge on any atom is 0.410 e. The van der Waals surface area contributed by atoms with E-state index < -0.39 is 15.6 Å². The van der Waals surface area contributed by atoms with Crippen molar-refractivity contribution in [3.8, 4) is 5.88 Å². The van der Waals surface area contributed by atoms with E-state index in [1.165, 1.54) is 10.6 Å². The van der Waals surface area contributed by atoms with Crippen LogP contribution in [-0.4, -0.2) is 91.4 Å². The molecule has 32 heavy (non-hydrogen) atoms. The first-order valence-electron chi connectivity index (χ1n) is 11.1. The van der Waals surface area contributed by atoms with Crippen molar-refractivity contribution >= 4 is 21.9 Å². The Bertz CT molecular complexity index is 864. The van der Waals surface area contributed by atoms with E-state index in [2.05, 4.69) is 9.97 Å². The van der Waals surface area contributed by atoms with Crippen molar-refractivity contribution in [2.75, 3.05) is 57.0 Å². The number of sulfonamides is 1. The number of piperidine rings is 1. The predicted molar refractivity (Wildman–Crippen MR) is 121 cm³/mol. The molecule has 0 aromatic carbocycles. The Balaban J connectivity index is 1.43. The summed E-state index contributed by atoms with van der Waals surface area (Å²) in [4.78, 5) is 24.8. The van der Waals surface area contributed by atoms with Gasteiger partial charge in [0.15, 0.2) is 0 Å². The first kappa shape index (κ1) is 24.5. The Morgan fingerprint density at radius 2 is 1.78 bits per heavy atom. The molecule has 0 N–H and O–H groups in total. The molecule has 0 bridgehead atoms. The zero-order chi connectivity index (χ0) is 23.4. The summed E-state index contributed by atoms with van der Waals surface area (Å²) in [6, 6.07) is 0. The second-order valence-electron chi connectivity index (χ2n) is 9.44. The molecule has 1 aromatic heterocycles. The van der Waals surface area contributed by atoms with Crippen LogP contribution in [-0.2, 0) is 14.8 Å². The number of amides is 1. The third kappa shape index (κ3) is 7.19. The number of hydrogen-bond donors (Lipinski definition) is 0. The SMILES string of the molecule is CC(C)(C)OC(=O)N1CCC(COc2cnc(N3CCCN(S(C)(=O)=O)CC3)cn2)CC1. The third-order valence-corrected chi connectivity index (χ3v) is 6.90. The van der Waals surface area contributed by atoms with Gasteiger partial charge in [0.25, 0.3) is 0 Å². The fourth-order valence-electron chi connectivity index (χ4n) is 3.81. The van der Waals surface area contributed by atoms with Crippen LogP contribution in [0, 0.1) is 5.92 Å². The molecule has 3 heterocycles. The summed E-state index contributed by atoms with van der Waals surface area (Å²) in [7, 11) is -3.17. The maximum absolute atomic E-state index is 12.2. The molecule has 10 nitrogen and oxygen atoms in total. The average molecular weight is 470 g/mol. The van der Waals surface area contributed by atoms with Gasteiger partial charge < -0.3 is 19.3 Å². The van der Waals surface area contributed by atoms with E-state index in [0.717, 1.165) is 31.6 Å². The van der Waals surface area contributed by atoms with Crippen LogP contribution >= 0.6 is 0 Å². The molecule has 1 amide bonds. The second-order valence-corrected chi connectivity index (χ2v) is 11.4. The molecule has 2 aliphatic rings. The predicted octanol–water partition coefficient (Wildman–Crippen LogP) is 1.97. The smallest absolute Gasteiger partial charge is 0.410 e. The van der Waals surface area contributed by atoms with Crippen molar-refractivity contribution < 1.29 is 22.7 Å². The summed E-state index contributed by atoms with van der Waals surface area (Å²) < 4.78 is 36.3. The number of carbonyl (C=O) groups excluding carboxylic acids is 1. The van der Waals surface area contributed by atoms with E-state index in [1.54, 1.807) is 17.3 Å². The fraction of sp³-hybridized carbons (Fsp3) is 0.762. The minimum Gasteiger partial charge on any atom is -0.476 e. The van der Waals surface area contributed by atoms with Crippen LogP contribution in [0.25, 0.3) is 0 Å². The topological polar surface area (TPSA) is 105 Å². The summed E-state index contributed by atoms with van der Waals surface area (Å²) >= 11 is 0. The Hall–Kier alpha value is -2.14. The van der Waals surface area contributed by atoms with Gasteiger partial charge in [-0.15, -0.1) is 0 Å². The number of likely N-dealkylation sites (tertiary alicyclic amines) is 1. The van der Waals surface area contributed by atoms with E-state index in [4.69, 9.17) is 9.47 Å². The summed E-state index contributed by atoms with van der Waals surface area (Å²) in [6.45, 7) is 9.74. The molecule has 11 heteroatoms. The van der Waals surface area contributed by atoms with E-state index in [-0.39, 0.29) is 6.09 Å². The van der Waals surface area contributed by atoms with Gasteiger partial charge in [0.05, 0.1) is 25.3 Å². The van der Waals surface area contributed by atoms with Crippen molar-refractivity contribution in [1.82, 2.24) is 19.2 Å². The number of aromatic nitrogens is 2. The van der Waals surface area contributed by atoms with Gasteiger partial charge in [-0.3, -0.25) is 0 Å². The fourth-order valence-corrected chi connectivity index (χ4v) is 4.69. The molecule has 2 aliphatic heterocycles. The molecule has 0 radical (unpaired) electrons. The minimum atomic E-state index is -3.17. The first-order chi connectivity index (χ1) is 15.0. The van der Waals surface area contributed by atoms with Crippen molar-refractivity contribution in [2.24, 2.45) is 5.92 Å². The molecule has 180 valence electrons. The number of ether oxygens (including phenoxy) is 2. The highest BCUT2D eigenvalue weighted by Crippen LogP contribution is 2.21. The quantitative estimate of drug-likeness (QED) is 0.645. The Kier molecular flexibility index (Phi) is 7.81. The van der Waals surface area contributed by atoms with Crippen molar-refractivity contribution in [3.63, 3.8) is 0 Å². The van der Waals surface area contributed by atoms with Crippen LogP contribution in [0.5, 0.6) is 5.88 Å². The van der Waals surface area contributed by atoms with Crippen LogP contribution in [0.3, 0.4) is 0 Å². The van der Waals surface area contributed by atoms with Crippen molar-refractivity contribution in [2.45, 2.75) is 45.6 Å². The number of rotatable bonds is 5.